The number of benzene rings is 2. The van der Waals surface area contributed by atoms with Gasteiger partial charge in [-0.3, -0.25) is 10.1 Å². The maximum absolute atomic E-state index is 11.0. The van der Waals surface area contributed by atoms with Gasteiger partial charge in [-0.25, -0.2) is 0 Å². The van der Waals surface area contributed by atoms with Crippen molar-refractivity contribution >= 4 is 35.0 Å². The number of carboxylic acids is 1. The van der Waals surface area contributed by atoms with E-state index in [4.69, 9.17) is 11.6 Å². The van der Waals surface area contributed by atoms with E-state index in [2.05, 4.69) is 0 Å². The number of aromatic carboxylic acids is 1. The second-order valence-corrected chi connectivity index (χ2v) is 5.60. The van der Waals surface area contributed by atoms with Gasteiger partial charge < -0.3 is 9.90 Å². The lowest BCUT2D eigenvalue weighted by atomic mass is 10.2. The van der Waals surface area contributed by atoms with Gasteiger partial charge in [0.2, 0.25) is 0 Å². The van der Waals surface area contributed by atoms with Gasteiger partial charge in [-0.15, -0.1) is 11.8 Å². The molecule has 108 valence electrons. The smallest absolute Gasteiger partial charge is 0.283 e. The highest BCUT2D eigenvalue weighted by molar-refractivity contribution is 7.98. The van der Waals surface area contributed by atoms with Crippen molar-refractivity contribution in [2.45, 2.75) is 10.6 Å². The summed E-state index contributed by atoms with van der Waals surface area (Å²) in [6.07, 6.45) is 0. The number of thioether (sulfide) groups is 1. The number of carboxylic acid groups (broad SMARTS) is 1. The Morgan fingerprint density at radius 2 is 1.86 bits per heavy atom. The third-order valence-corrected chi connectivity index (χ3v) is 4.08. The predicted molar refractivity (Wildman–Crippen MR) is 78.4 cm³/mol. The van der Waals surface area contributed by atoms with E-state index < -0.39 is 10.9 Å². The molecule has 5 nitrogen and oxygen atoms in total. The van der Waals surface area contributed by atoms with E-state index in [0.29, 0.717) is 15.7 Å². The molecular formula is C14H9ClNO4S-. The van der Waals surface area contributed by atoms with Crippen molar-refractivity contribution in [2.24, 2.45) is 0 Å². The molecule has 0 N–H and O–H groups in total. The minimum Gasteiger partial charge on any atom is -0.545 e. The molecule has 0 bridgehead atoms. The molecule has 0 aliphatic rings. The van der Waals surface area contributed by atoms with Crippen molar-refractivity contribution in [3.63, 3.8) is 0 Å². The summed E-state index contributed by atoms with van der Waals surface area (Å²) in [6, 6.07) is 10.9. The molecule has 21 heavy (non-hydrogen) atoms. The van der Waals surface area contributed by atoms with Gasteiger partial charge in [0.05, 0.1) is 15.8 Å². The van der Waals surface area contributed by atoms with Crippen LogP contribution in [0.5, 0.6) is 0 Å². The van der Waals surface area contributed by atoms with Gasteiger partial charge in [0.15, 0.2) is 0 Å². The van der Waals surface area contributed by atoms with Crippen LogP contribution in [-0.2, 0) is 5.75 Å². The Balaban J connectivity index is 2.21. The van der Waals surface area contributed by atoms with E-state index in [1.807, 2.05) is 12.1 Å². The zero-order chi connectivity index (χ0) is 15.4. The number of carbonyl (C=O) groups is 1. The molecule has 7 heteroatoms. The molecule has 0 aliphatic heterocycles. The first-order valence-corrected chi connectivity index (χ1v) is 7.21. The van der Waals surface area contributed by atoms with Crippen LogP contribution < -0.4 is 5.11 Å². The van der Waals surface area contributed by atoms with Gasteiger partial charge >= 0.3 is 0 Å². The van der Waals surface area contributed by atoms with Gasteiger partial charge in [0.25, 0.3) is 5.69 Å². The molecule has 0 aromatic heterocycles. The standard InChI is InChI=1S/C14H10ClNO4S/c15-11-4-1-9(2-5-11)8-21-13-6-3-10(14(17)18)7-12(13)16(19)20/h1-7H,8H2,(H,17,18)/p-1. The Bertz CT molecular complexity index is 688. The van der Waals surface area contributed by atoms with E-state index >= 15 is 0 Å². The molecule has 0 fully saturated rings. The van der Waals surface area contributed by atoms with Crippen LogP contribution in [0.25, 0.3) is 0 Å². The van der Waals surface area contributed by atoms with Crippen LogP contribution in [0.3, 0.4) is 0 Å². The number of nitrogens with zero attached hydrogens (tertiary/aromatic N) is 1. The average molecular weight is 323 g/mol. The number of rotatable bonds is 5. The summed E-state index contributed by atoms with van der Waals surface area (Å²) in [5.74, 6) is -0.921. The zero-order valence-corrected chi connectivity index (χ0v) is 12.2. The van der Waals surface area contributed by atoms with Crippen LogP contribution >= 0.6 is 23.4 Å². The van der Waals surface area contributed by atoms with Crippen molar-refractivity contribution in [1.82, 2.24) is 0 Å². The number of hydrogen-bond acceptors (Lipinski definition) is 5. The molecule has 0 aliphatic carbocycles. The predicted octanol–water partition coefficient (Wildman–Crippen LogP) is 2.90. The highest BCUT2D eigenvalue weighted by Gasteiger charge is 2.15. The molecule has 0 radical (unpaired) electrons. The van der Waals surface area contributed by atoms with E-state index in [1.165, 1.54) is 23.9 Å². The number of hydrogen-bond donors (Lipinski definition) is 0. The van der Waals surface area contributed by atoms with Crippen LogP contribution in [0.1, 0.15) is 15.9 Å². The van der Waals surface area contributed by atoms with E-state index in [0.717, 1.165) is 11.6 Å². The highest BCUT2D eigenvalue weighted by Crippen LogP contribution is 2.32. The lowest BCUT2D eigenvalue weighted by molar-refractivity contribution is -0.387. The minimum absolute atomic E-state index is 0.211. The average Bonchev–Trinajstić information content (AvgIpc) is 2.46. The lowest BCUT2D eigenvalue weighted by Crippen LogP contribution is -2.22. The molecule has 0 spiro atoms. The summed E-state index contributed by atoms with van der Waals surface area (Å²) in [4.78, 5) is 21.6. The second-order valence-electron chi connectivity index (χ2n) is 4.14. The summed E-state index contributed by atoms with van der Waals surface area (Å²) < 4.78 is 0. The first-order chi connectivity index (χ1) is 9.97. The fourth-order valence-corrected chi connectivity index (χ4v) is 2.74. The van der Waals surface area contributed by atoms with Gasteiger partial charge in [-0.05, 0) is 23.8 Å². The minimum atomic E-state index is -1.44. The maximum atomic E-state index is 11.0. The SMILES string of the molecule is O=C([O-])c1ccc(SCc2ccc(Cl)cc2)c([N+](=O)[O-])c1. The number of nitro benzene ring substituents is 1. The molecule has 2 aromatic carbocycles. The molecule has 0 saturated heterocycles. The van der Waals surface area contributed by atoms with Crippen LogP contribution in [0.15, 0.2) is 47.4 Å². The third kappa shape index (κ3) is 3.96. The topological polar surface area (TPSA) is 83.3 Å². The first kappa shape index (κ1) is 15.3. The van der Waals surface area contributed by atoms with E-state index in [9.17, 15) is 20.0 Å². The molecule has 0 unspecified atom stereocenters. The summed E-state index contributed by atoms with van der Waals surface area (Å²) in [7, 11) is 0. The Hall–Kier alpha value is -2.05. The summed E-state index contributed by atoms with van der Waals surface area (Å²) in [5.41, 5.74) is 0.510. The fourth-order valence-electron chi connectivity index (χ4n) is 1.65. The summed E-state index contributed by atoms with van der Waals surface area (Å²) in [5, 5.41) is 22.4. The Kier molecular flexibility index (Phi) is 4.82. The van der Waals surface area contributed by atoms with Crippen molar-refractivity contribution in [3.8, 4) is 0 Å². The van der Waals surface area contributed by atoms with Gasteiger partial charge in [-0.1, -0.05) is 29.8 Å². The van der Waals surface area contributed by atoms with E-state index in [1.54, 1.807) is 12.1 Å². The Morgan fingerprint density at radius 3 is 2.43 bits per heavy atom. The quantitative estimate of drug-likeness (QED) is 0.480. The first-order valence-electron chi connectivity index (χ1n) is 5.84. The number of nitro groups is 1. The molecule has 0 atom stereocenters. The van der Waals surface area contributed by atoms with Gasteiger partial charge in [0.1, 0.15) is 0 Å². The van der Waals surface area contributed by atoms with Crippen molar-refractivity contribution in [2.75, 3.05) is 0 Å². The largest absolute Gasteiger partial charge is 0.545 e. The van der Waals surface area contributed by atoms with Crippen LogP contribution in [0.2, 0.25) is 5.02 Å². The molecule has 0 heterocycles. The number of carbonyl (C=O) groups excluding carboxylic acids is 1. The van der Waals surface area contributed by atoms with Crippen molar-refractivity contribution in [1.29, 1.82) is 0 Å². The zero-order valence-electron chi connectivity index (χ0n) is 10.6. The maximum Gasteiger partial charge on any atom is 0.283 e. The van der Waals surface area contributed by atoms with Crippen LogP contribution in [0.4, 0.5) is 5.69 Å². The molecule has 0 amide bonds. The number of halogens is 1. The summed E-state index contributed by atoms with van der Waals surface area (Å²) >= 11 is 7.04. The molecule has 0 saturated carbocycles. The fraction of sp³-hybridized carbons (Fsp3) is 0.0714. The normalized spacial score (nSPS) is 10.3. The second kappa shape index (κ2) is 6.60. The van der Waals surface area contributed by atoms with Crippen LogP contribution in [0, 0.1) is 10.1 Å². The monoisotopic (exact) mass is 322 g/mol. The molecule has 2 aromatic rings. The molecular weight excluding hydrogens is 314 g/mol. The Labute approximate surface area is 129 Å². The third-order valence-electron chi connectivity index (χ3n) is 2.70. The highest BCUT2D eigenvalue weighted by atomic mass is 35.5. The van der Waals surface area contributed by atoms with Crippen molar-refractivity contribution < 1.29 is 14.8 Å². The molecule has 2 rings (SSSR count). The van der Waals surface area contributed by atoms with E-state index in [-0.39, 0.29) is 11.3 Å². The summed E-state index contributed by atoms with van der Waals surface area (Å²) in [6.45, 7) is 0. The van der Waals surface area contributed by atoms with Crippen LogP contribution in [-0.4, -0.2) is 10.9 Å². The van der Waals surface area contributed by atoms with Gasteiger partial charge in [-0.2, -0.15) is 0 Å². The Morgan fingerprint density at radius 1 is 1.19 bits per heavy atom. The lowest BCUT2D eigenvalue weighted by Gasteiger charge is -2.06. The van der Waals surface area contributed by atoms with Crippen molar-refractivity contribution in [3.05, 3.63) is 68.7 Å². The van der Waals surface area contributed by atoms with Gasteiger partial charge in [0, 0.05) is 22.4 Å².